The fourth-order valence-electron chi connectivity index (χ4n) is 2.20. The van der Waals surface area contributed by atoms with Gasteiger partial charge in [-0.3, -0.25) is 0 Å². The second-order valence-corrected chi connectivity index (χ2v) is 5.07. The molecular formula is C13H18N2OS. The van der Waals surface area contributed by atoms with Gasteiger partial charge in [-0.05, 0) is 37.8 Å². The van der Waals surface area contributed by atoms with Crippen molar-refractivity contribution >= 4 is 17.2 Å². The third-order valence-corrected chi connectivity index (χ3v) is 3.42. The summed E-state index contributed by atoms with van der Waals surface area (Å²) in [6.07, 6.45) is 5.15. The van der Waals surface area contributed by atoms with Gasteiger partial charge in [0.05, 0.1) is 12.2 Å². The van der Waals surface area contributed by atoms with Gasteiger partial charge in [0.1, 0.15) is 4.99 Å². The lowest BCUT2D eigenvalue weighted by Gasteiger charge is -2.13. The Morgan fingerprint density at radius 3 is 2.82 bits per heavy atom. The summed E-state index contributed by atoms with van der Waals surface area (Å²) >= 11 is 5.00. The van der Waals surface area contributed by atoms with E-state index in [1.54, 1.807) is 0 Å². The van der Waals surface area contributed by atoms with Gasteiger partial charge in [0, 0.05) is 5.69 Å². The molecule has 1 saturated carbocycles. The highest BCUT2D eigenvalue weighted by atomic mass is 32.1. The zero-order valence-corrected chi connectivity index (χ0v) is 10.9. The number of nitrogens with zero attached hydrogens (tertiary/aromatic N) is 1. The van der Waals surface area contributed by atoms with Crippen LogP contribution in [-0.2, 0) is 0 Å². The molecule has 0 atom stereocenters. The third-order valence-electron chi connectivity index (χ3n) is 3.20. The molecule has 1 aliphatic carbocycles. The summed E-state index contributed by atoms with van der Waals surface area (Å²) in [5.41, 5.74) is 7.32. The van der Waals surface area contributed by atoms with E-state index in [9.17, 15) is 0 Å². The Bertz CT molecular complexity index is 414. The lowest BCUT2D eigenvalue weighted by molar-refractivity contribution is 0.243. The Morgan fingerprint density at radius 1 is 1.47 bits per heavy atom. The van der Waals surface area contributed by atoms with Crippen LogP contribution in [0.1, 0.15) is 36.9 Å². The maximum atomic E-state index is 5.78. The van der Waals surface area contributed by atoms with E-state index in [2.05, 4.69) is 4.98 Å². The molecular weight excluding hydrogens is 232 g/mol. The van der Waals surface area contributed by atoms with Crippen molar-refractivity contribution in [2.45, 2.75) is 32.6 Å². The van der Waals surface area contributed by atoms with Gasteiger partial charge in [-0.1, -0.05) is 25.1 Å². The second-order valence-electron chi connectivity index (χ2n) is 4.63. The van der Waals surface area contributed by atoms with Crippen LogP contribution in [0.25, 0.3) is 0 Å². The van der Waals surface area contributed by atoms with Crippen LogP contribution >= 0.6 is 12.2 Å². The lowest BCUT2D eigenvalue weighted by atomic mass is 10.1. The maximum Gasteiger partial charge on any atom is 0.223 e. The summed E-state index contributed by atoms with van der Waals surface area (Å²) in [5, 5.41) is 0. The van der Waals surface area contributed by atoms with E-state index in [0.717, 1.165) is 17.9 Å². The topological polar surface area (TPSA) is 48.1 Å². The van der Waals surface area contributed by atoms with Gasteiger partial charge >= 0.3 is 0 Å². The fraction of sp³-hybridized carbons (Fsp3) is 0.538. The number of rotatable bonds is 4. The van der Waals surface area contributed by atoms with Crippen LogP contribution in [0.5, 0.6) is 5.88 Å². The molecule has 0 spiro atoms. The fourth-order valence-corrected chi connectivity index (χ4v) is 2.36. The normalized spacial score (nSPS) is 16.1. The van der Waals surface area contributed by atoms with E-state index in [1.807, 2.05) is 19.1 Å². The molecule has 0 aliphatic heterocycles. The molecule has 1 aliphatic rings. The highest BCUT2D eigenvalue weighted by Crippen LogP contribution is 2.26. The van der Waals surface area contributed by atoms with Gasteiger partial charge in [-0.15, -0.1) is 0 Å². The van der Waals surface area contributed by atoms with E-state index in [1.165, 1.54) is 25.7 Å². The molecule has 0 aromatic carbocycles. The molecule has 3 nitrogen and oxygen atoms in total. The standard InChI is InChI=1S/C13H18N2OS/c1-9-6-7-11(12(14)17)13(15-9)16-8-10-4-2-3-5-10/h6-7,10H,2-5,8H2,1H3,(H2,14,17). The van der Waals surface area contributed by atoms with Crippen molar-refractivity contribution in [3.8, 4) is 5.88 Å². The quantitative estimate of drug-likeness (QED) is 0.834. The van der Waals surface area contributed by atoms with Crippen LogP contribution in [0.15, 0.2) is 12.1 Å². The minimum atomic E-state index is 0.346. The van der Waals surface area contributed by atoms with E-state index in [-0.39, 0.29) is 0 Å². The first-order valence-corrected chi connectivity index (χ1v) is 6.48. The molecule has 0 amide bonds. The Morgan fingerprint density at radius 2 is 2.18 bits per heavy atom. The van der Waals surface area contributed by atoms with E-state index in [4.69, 9.17) is 22.7 Å². The number of hydrogen-bond donors (Lipinski definition) is 1. The Hall–Kier alpha value is -1.16. The smallest absolute Gasteiger partial charge is 0.223 e. The van der Waals surface area contributed by atoms with Crippen molar-refractivity contribution in [1.82, 2.24) is 4.98 Å². The predicted molar refractivity (Wildman–Crippen MR) is 72.3 cm³/mol. The van der Waals surface area contributed by atoms with Crippen molar-refractivity contribution in [2.75, 3.05) is 6.61 Å². The second kappa shape index (κ2) is 5.45. The Balaban J connectivity index is 2.07. The lowest BCUT2D eigenvalue weighted by Crippen LogP contribution is -2.15. The van der Waals surface area contributed by atoms with E-state index < -0.39 is 0 Å². The van der Waals surface area contributed by atoms with E-state index in [0.29, 0.717) is 16.8 Å². The van der Waals surface area contributed by atoms with Crippen LogP contribution in [0.3, 0.4) is 0 Å². The van der Waals surface area contributed by atoms with Crippen molar-refractivity contribution in [1.29, 1.82) is 0 Å². The van der Waals surface area contributed by atoms with Crippen LogP contribution in [0.2, 0.25) is 0 Å². The average Bonchev–Trinajstić information content (AvgIpc) is 2.78. The molecule has 0 bridgehead atoms. The van der Waals surface area contributed by atoms with Gasteiger partial charge in [-0.25, -0.2) is 4.98 Å². The summed E-state index contributed by atoms with van der Waals surface area (Å²) < 4.78 is 5.78. The first-order chi connectivity index (χ1) is 8.16. The molecule has 0 unspecified atom stereocenters. The molecule has 1 heterocycles. The summed E-state index contributed by atoms with van der Waals surface area (Å²) in [5.74, 6) is 1.25. The first kappa shape index (κ1) is 12.3. The van der Waals surface area contributed by atoms with Crippen LogP contribution in [0.4, 0.5) is 0 Å². The Kier molecular flexibility index (Phi) is 3.94. The molecule has 1 fully saturated rings. The largest absolute Gasteiger partial charge is 0.477 e. The summed E-state index contributed by atoms with van der Waals surface area (Å²) in [6.45, 7) is 2.66. The van der Waals surface area contributed by atoms with E-state index >= 15 is 0 Å². The molecule has 2 rings (SSSR count). The number of hydrogen-bond acceptors (Lipinski definition) is 3. The zero-order valence-electron chi connectivity index (χ0n) is 10.1. The van der Waals surface area contributed by atoms with Crippen molar-refractivity contribution < 1.29 is 4.74 Å². The number of ether oxygens (including phenoxy) is 1. The maximum absolute atomic E-state index is 5.78. The summed E-state index contributed by atoms with van der Waals surface area (Å²) in [7, 11) is 0. The molecule has 1 aromatic rings. The Labute approximate surface area is 107 Å². The number of aromatic nitrogens is 1. The zero-order chi connectivity index (χ0) is 12.3. The minimum Gasteiger partial charge on any atom is -0.477 e. The molecule has 17 heavy (non-hydrogen) atoms. The number of thiocarbonyl (C=S) groups is 1. The summed E-state index contributed by atoms with van der Waals surface area (Å²) in [6, 6.07) is 3.78. The van der Waals surface area contributed by atoms with Gasteiger partial charge in [0.25, 0.3) is 0 Å². The van der Waals surface area contributed by atoms with Gasteiger partial charge in [0.15, 0.2) is 0 Å². The molecule has 0 saturated heterocycles. The SMILES string of the molecule is Cc1ccc(C(N)=S)c(OCC2CCCC2)n1. The molecule has 4 heteroatoms. The van der Waals surface area contributed by atoms with Crippen molar-refractivity contribution in [3.05, 3.63) is 23.4 Å². The van der Waals surface area contributed by atoms with Crippen molar-refractivity contribution in [2.24, 2.45) is 11.7 Å². The number of aryl methyl sites for hydroxylation is 1. The summed E-state index contributed by atoms with van der Waals surface area (Å²) in [4.78, 5) is 4.71. The number of nitrogens with two attached hydrogens (primary N) is 1. The average molecular weight is 250 g/mol. The molecule has 2 N–H and O–H groups in total. The predicted octanol–water partition coefficient (Wildman–Crippen LogP) is 2.59. The molecule has 1 aromatic heterocycles. The highest BCUT2D eigenvalue weighted by molar-refractivity contribution is 7.80. The van der Waals surface area contributed by atoms with Gasteiger partial charge in [0.2, 0.25) is 5.88 Å². The van der Waals surface area contributed by atoms with Crippen LogP contribution < -0.4 is 10.5 Å². The first-order valence-electron chi connectivity index (χ1n) is 6.07. The minimum absolute atomic E-state index is 0.346. The molecule has 92 valence electrons. The highest BCUT2D eigenvalue weighted by Gasteiger charge is 2.17. The van der Waals surface area contributed by atoms with Crippen LogP contribution in [-0.4, -0.2) is 16.6 Å². The van der Waals surface area contributed by atoms with Crippen LogP contribution in [0, 0.1) is 12.8 Å². The number of pyridine rings is 1. The van der Waals surface area contributed by atoms with Gasteiger partial charge < -0.3 is 10.5 Å². The van der Waals surface area contributed by atoms with Gasteiger partial charge in [-0.2, -0.15) is 0 Å². The van der Waals surface area contributed by atoms with Crippen molar-refractivity contribution in [3.63, 3.8) is 0 Å². The monoisotopic (exact) mass is 250 g/mol. The molecule has 0 radical (unpaired) electrons. The third kappa shape index (κ3) is 3.16.